The first-order valence-corrected chi connectivity index (χ1v) is 9.58. The van der Waals surface area contributed by atoms with Gasteiger partial charge in [0.25, 0.3) is 0 Å². The number of ether oxygens (including phenoxy) is 2. The molecule has 1 saturated heterocycles. The molecule has 3 aromatic rings. The molecule has 1 atom stereocenters. The second-order valence-electron chi connectivity index (χ2n) is 6.02. The van der Waals surface area contributed by atoms with Gasteiger partial charge in [0.2, 0.25) is 0 Å². The standard InChI is InChI=1S/C19H20N4O2S/c1-24-16-6-4-15(5-7-16)23-18(14-8-10-20-11-9-14)21-22-19(23)26-13-17-3-2-12-25-17/h4-11,17H,2-3,12-13H2,1H3. The van der Waals surface area contributed by atoms with Crippen molar-refractivity contribution in [3.8, 4) is 22.8 Å². The van der Waals surface area contributed by atoms with Crippen molar-refractivity contribution in [3.05, 3.63) is 48.8 Å². The maximum absolute atomic E-state index is 5.74. The van der Waals surface area contributed by atoms with E-state index in [1.54, 1.807) is 31.3 Å². The molecule has 1 unspecified atom stereocenters. The van der Waals surface area contributed by atoms with Crippen molar-refractivity contribution >= 4 is 11.8 Å². The van der Waals surface area contributed by atoms with E-state index in [0.717, 1.165) is 53.2 Å². The molecule has 0 bridgehead atoms. The lowest BCUT2D eigenvalue weighted by molar-refractivity contribution is 0.129. The van der Waals surface area contributed by atoms with Gasteiger partial charge in [-0.05, 0) is 49.2 Å². The SMILES string of the molecule is COc1ccc(-n2c(SCC3CCCO3)nnc2-c2ccncc2)cc1. The highest BCUT2D eigenvalue weighted by Crippen LogP contribution is 2.30. The van der Waals surface area contributed by atoms with Crippen LogP contribution in [-0.4, -0.2) is 45.3 Å². The minimum Gasteiger partial charge on any atom is -0.497 e. The van der Waals surface area contributed by atoms with Gasteiger partial charge in [0.05, 0.1) is 13.2 Å². The second-order valence-corrected chi connectivity index (χ2v) is 7.01. The molecule has 0 aliphatic carbocycles. The van der Waals surface area contributed by atoms with Crippen LogP contribution in [0.3, 0.4) is 0 Å². The van der Waals surface area contributed by atoms with E-state index in [4.69, 9.17) is 9.47 Å². The van der Waals surface area contributed by atoms with Crippen LogP contribution in [0.15, 0.2) is 53.9 Å². The Morgan fingerprint density at radius 3 is 2.65 bits per heavy atom. The Morgan fingerprint density at radius 2 is 1.96 bits per heavy atom. The topological polar surface area (TPSA) is 62.1 Å². The molecule has 3 heterocycles. The first-order chi connectivity index (χ1) is 12.8. The van der Waals surface area contributed by atoms with Gasteiger partial charge in [-0.2, -0.15) is 0 Å². The third kappa shape index (κ3) is 3.59. The van der Waals surface area contributed by atoms with Crippen molar-refractivity contribution in [3.63, 3.8) is 0 Å². The van der Waals surface area contributed by atoms with Crippen LogP contribution in [0, 0.1) is 0 Å². The number of pyridine rings is 1. The molecule has 0 spiro atoms. The lowest BCUT2D eigenvalue weighted by Crippen LogP contribution is -2.09. The summed E-state index contributed by atoms with van der Waals surface area (Å²) in [6.45, 7) is 0.860. The van der Waals surface area contributed by atoms with E-state index in [9.17, 15) is 0 Å². The summed E-state index contributed by atoms with van der Waals surface area (Å²) in [5.74, 6) is 2.50. The van der Waals surface area contributed by atoms with Crippen molar-refractivity contribution in [1.29, 1.82) is 0 Å². The first kappa shape index (κ1) is 17.1. The summed E-state index contributed by atoms with van der Waals surface area (Å²) in [6, 6.07) is 11.8. The van der Waals surface area contributed by atoms with Crippen LogP contribution < -0.4 is 4.74 Å². The number of hydrogen-bond donors (Lipinski definition) is 0. The van der Waals surface area contributed by atoms with Gasteiger partial charge in [-0.3, -0.25) is 9.55 Å². The summed E-state index contributed by atoms with van der Waals surface area (Å²) in [4.78, 5) is 4.10. The molecule has 0 amide bonds. The van der Waals surface area contributed by atoms with E-state index < -0.39 is 0 Å². The number of rotatable bonds is 6. The van der Waals surface area contributed by atoms with Gasteiger partial charge in [0.1, 0.15) is 5.75 Å². The van der Waals surface area contributed by atoms with Crippen LogP contribution in [0.1, 0.15) is 12.8 Å². The molecule has 2 aromatic heterocycles. The zero-order chi connectivity index (χ0) is 17.8. The molecule has 26 heavy (non-hydrogen) atoms. The van der Waals surface area contributed by atoms with E-state index in [-0.39, 0.29) is 0 Å². The zero-order valence-electron chi connectivity index (χ0n) is 14.5. The van der Waals surface area contributed by atoms with Crippen LogP contribution in [-0.2, 0) is 4.74 Å². The minimum atomic E-state index is 0.297. The number of methoxy groups -OCH3 is 1. The Bertz CT molecular complexity index is 846. The molecule has 1 aromatic carbocycles. The number of nitrogens with zero attached hydrogens (tertiary/aromatic N) is 4. The van der Waals surface area contributed by atoms with Crippen LogP contribution in [0.2, 0.25) is 0 Å². The predicted octanol–water partition coefficient (Wildman–Crippen LogP) is 3.61. The maximum Gasteiger partial charge on any atom is 0.196 e. The second kappa shape index (κ2) is 7.88. The Hall–Kier alpha value is -2.38. The molecule has 134 valence electrons. The third-order valence-electron chi connectivity index (χ3n) is 4.32. The molecule has 0 N–H and O–H groups in total. The van der Waals surface area contributed by atoms with Gasteiger partial charge >= 0.3 is 0 Å². The van der Waals surface area contributed by atoms with E-state index in [0.29, 0.717) is 6.10 Å². The molecular weight excluding hydrogens is 348 g/mol. The van der Waals surface area contributed by atoms with Crippen LogP contribution >= 0.6 is 11.8 Å². The van der Waals surface area contributed by atoms with Crippen molar-refractivity contribution in [2.45, 2.75) is 24.1 Å². The molecule has 1 aliphatic rings. The van der Waals surface area contributed by atoms with Crippen molar-refractivity contribution < 1.29 is 9.47 Å². The zero-order valence-corrected chi connectivity index (χ0v) is 15.4. The molecule has 6 nitrogen and oxygen atoms in total. The normalized spacial score (nSPS) is 16.7. The van der Waals surface area contributed by atoms with E-state index >= 15 is 0 Å². The lowest BCUT2D eigenvalue weighted by Gasteiger charge is -2.12. The highest BCUT2D eigenvalue weighted by atomic mass is 32.2. The van der Waals surface area contributed by atoms with Crippen LogP contribution in [0.25, 0.3) is 17.1 Å². The summed E-state index contributed by atoms with van der Waals surface area (Å²) in [5.41, 5.74) is 1.98. The van der Waals surface area contributed by atoms with Gasteiger partial charge in [0.15, 0.2) is 11.0 Å². The summed E-state index contributed by atoms with van der Waals surface area (Å²) in [5, 5.41) is 9.74. The van der Waals surface area contributed by atoms with Crippen LogP contribution in [0.4, 0.5) is 0 Å². The average molecular weight is 368 g/mol. The fourth-order valence-corrected chi connectivity index (χ4v) is 3.98. The molecule has 7 heteroatoms. The van der Waals surface area contributed by atoms with Gasteiger partial charge in [-0.1, -0.05) is 11.8 Å². The number of hydrogen-bond acceptors (Lipinski definition) is 6. The molecule has 1 fully saturated rings. The Balaban J connectivity index is 1.69. The van der Waals surface area contributed by atoms with E-state index in [1.165, 1.54) is 0 Å². The minimum absolute atomic E-state index is 0.297. The third-order valence-corrected chi connectivity index (χ3v) is 5.39. The van der Waals surface area contributed by atoms with Crippen molar-refractivity contribution in [2.75, 3.05) is 19.5 Å². The van der Waals surface area contributed by atoms with E-state index in [2.05, 4.69) is 19.7 Å². The van der Waals surface area contributed by atoms with Gasteiger partial charge in [-0.15, -0.1) is 10.2 Å². The lowest BCUT2D eigenvalue weighted by atomic mass is 10.2. The molecular formula is C19H20N4O2S. The van der Waals surface area contributed by atoms with Crippen molar-refractivity contribution in [1.82, 2.24) is 19.7 Å². The summed E-state index contributed by atoms with van der Waals surface area (Å²) >= 11 is 1.68. The molecule has 4 rings (SSSR count). The number of thioether (sulfide) groups is 1. The Morgan fingerprint density at radius 1 is 1.15 bits per heavy atom. The van der Waals surface area contributed by atoms with Crippen LogP contribution in [0.5, 0.6) is 5.75 Å². The number of benzene rings is 1. The summed E-state index contributed by atoms with van der Waals surface area (Å²) < 4.78 is 13.1. The summed E-state index contributed by atoms with van der Waals surface area (Å²) in [6.07, 6.45) is 6.08. The number of aromatic nitrogens is 4. The average Bonchev–Trinajstić information content (AvgIpc) is 3.37. The van der Waals surface area contributed by atoms with E-state index in [1.807, 2.05) is 36.4 Å². The molecule has 0 radical (unpaired) electrons. The van der Waals surface area contributed by atoms with Gasteiger partial charge in [-0.25, -0.2) is 0 Å². The monoisotopic (exact) mass is 368 g/mol. The van der Waals surface area contributed by atoms with Gasteiger partial charge in [0, 0.05) is 36.0 Å². The Labute approximate surface area is 156 Å². The highest BCUT2D eigenvalue weighted by molar-refractivity contribution is 7.99. The fourth-order valence-electron chi connectivity index (χ4n) is 2.96. The maximum atomic E-state index is 5.74. The van der Waals surface area contributed by atoms with Gasteiger partial charge < -0.3 is 9.47 Å². The Kier molecular flexibility index (Phi) is 5.17. The van der Waals surface area contributed by atoms with Crippen molar-refractivity contribution in [2.24, 2.45) is 0 Å². The quantitative estimate of drug-likeness (QED) is 0.620. The fraction of sp³-hybridized carbons (Fsp3) is 0.316. The largest absolute Gasteiger partial charge is 0.497 e. The predicted molar refractivity (Wildman–Crippen MR) is 101 cm³/mol. The molecule has 1 aliphatic heterocycles. The highest BCUT2D eigenvalue weighted by Gasteiger charge is 2.20. The summed E-state index contributed by atoms with van der Waals surface area (Å²) in [7, 11) is 1.67. The smallest absolute Gasteiger partial charge is 0.196 e. The molecule has 0 saturated carbocycles. The first-order valence-electron chi connectivity index (χ1n) is 8.60.